The Hall–Kier alpha value is -2.61. The van der Waals surface area contributed by atoms with Crippen molar-refractivity contribution in [3.05, 3.63) is 64.5 Å². The van der Waals surface area contributed by atoms with Crippen LogP contribution < -0.4 is 10.5 Å². The molecule has 2 aromatic rings. The number of halogens is 4. The lowest BCUT2D eigenvalue weighted by Gasteiger charge is -2.38. The molecule has 1 amide bonds. The molecule has 2 aliphatic heterocycles. The van der Waals surface area contributed by atoms with Crippen LogP contribution in [-0.4, -0.2) is 30.5 Å². The van der Waals surface area contributed by atoms with E-state index < -0.39 is 23.5 Å². The minimum Gasteiger partial charge on any atom is -0.492 e. The van der Waals surface area contributed by atoms with E-state index in [1.165, 1.54) is 4.90 Å². The smallest absolute Gasteiger partial charge is 0.419 e. The molecule has 8 heteroatoms. The number of fused-ring (bicyclic) bond motifs is 2. The van der Waals surface area contributed by atoms with Gasteiger partial charge in [-0.1, -0.05) is 12.1 Å². The van der Waals surface area contributed by atoms with Gasteiger partial charge in [-0.15, -0.1) is 0 Å². The molecule has 2 heterocycles. The molecule has 4 rings (SSSR count). The highest BCUT2D eigenvalue weighted by Crippen LogP contribution is 2.46. The van der Waals surface area contributed by atoms with Crippen molar-refractivity contribution in [2.75, 3.05) is 19.7 Å². The predicted octanol–water partition coefficient (Wildman–Crippen LogP) is 3.87. The minimum atomic E-state index is -4.85. The standard InChI is InChI=1S/C21H20F4N2O2/c22-17-3-2-14(10-15(17)21(23,24)25)19(28)27-7-5-20(6-8-27)12-29-18-4-1-13(11-26)9-16(18)20/h1-4,9-10H,5-8,11-12,26H2. The number of carbonyl (C=O) groups is 1. The van der Waals surface area contributed by atoms with E-state index in [0.717, 1.165) is 22.9 Å². The zero-order valence-electron chi connectivity index (χ0n) is 15.6. The molecule has 2 aromatic carbocycles. The lowest BCUT2D eigenvalue weighted by atomic mass is 9.74. The summed E-state index contributed by atoms with van der Waals surface area (Å²) in [6.07, 6.45) is -3.59. The number of nitrogens with zero attached hydrogens (tertiary/aromatic N) is 1. The maximum absolute atomic E-state index is 13.5. The second-order valence-electron chi connectivity index (χ2n) is 7.59. The first-order valence-electron chi connectivity index (χ1n) is 9.36. The number of rotatable bonds is 2. The van der Waals surface area contributed by atoms with Gasteiger partial charge in [0.25, 0.3) is 5.91 Å². The zero-order valence-corrected chi connectivity index (χ0v) is 15.6. The van der Waals surface area contributed by atoms with E-state index in [1.54, 1.807) is 0 Å². The van der Waals surface area contributed by atoms with E-state index in [-0.39, 0.29) is 11.0 Å². The third-order valence-corrected chi connectivity index (χ3v) is 5.88. The minimum absolute atomic E-state index is 0.164. The summed E-state index contributed by atoms with van der Waals surface area (Å²) in [5, 5.41) is 0. The number of ether oxygens (including phenoxy) is 1. The molecule has 0 aromatic heterocycles. The second kappa shape index (κ2) is 7.02. The van der Waals surface area contributed by atoms with Gasteiger partial charge in [0, 0.05) is 36.2 Å². The van der Waals surface area contributed by atoms with Gasteiger partial charge in [-0.25, -0.2) is 4.39 Å². The van der Waals surface area contributed by atoms with Gasteiger partial charge in [-0.05, 0) is 42.7 Å². The summed E-state index contributed by atoms with van der Waals surface area (Å²) in [5.41, 5.74) is 6.00. The quantitative estimate of drug-likeness (QED) is 0.768. The highest BCUT2D eigenvalue weighted by Gasteiger charge is 2.44. The monoisotopic (exact) mass is 408 g/mol. The van der Waals surface area contributed by atoms with Crippen molar-refractivity contribution in [1.82, 2.24) is 4.90 Å². The van der Waals surface area contributed by atoms with Crippen LogP contribution in [0.2, 0.25) is 0 Å². The Bertz CT molecular complexity index is 950. The van der Waals surface area contributed by atoms with Gasteiger partial charge in [0.15, 0.2) is 0 Å². The Balaban J connectivity index is 1.52. The average Bonchev–Trinajstić information content (AvgIpc) is 3.05. The van der Waals surface area contributed by atoms with Crippen LogP contribution in [-0.2, 0) is 18.1 Å². The predicted molar refractivity (Wildman–Crippen MR) is 98.0 cm³/mol. The normalized spacial score (nSPS) is 17.9. The second-order valence-corrected chi connectivity index (χ2v) is 7.59. The lowest BCUT2D eigenvalue weighted by molar-refractivity contribution is -0.140. The summed E-state index contributed by atoms with van der Waals surface area (Å²) in [4.78, 5) is 14.2. The van der Waals surface area contributed by atoms with E-state index in [1.807, 2.05) is 18.2 Å². The fourth-order valence-corrected chi connectivity index (χ4v) is 4.15. The molecule has 0 bridgehead atoms. The van der Waals surface area contributed by atoms with Crippen molar-refractivity contribution in [2.45, 2.75) is 31.0 Å². The van der Waals surface area contributed by atoms with Gasteiger partial charge in [-0.3, -0.25) is 4.79 Å². The van der Waals surface area contributed by atoms with Crippen LogP contribution in [0.5, 0.6) is 5.75 Å². The lowest BCUT2D eigenvalue weighted by Crippen LogP contribution is -2.46. The molecular formula is C21H20F4N2O2. The van der Waals surface area contributed by atoms with Gasteiger partial charge in [0.1, 0.15) is 11.6 Å². The Morgan fingerprint density at radius 2 is 1.86 bits per heavy atom. The van der Waals surface area contributed by atoms with E-state index in [9.17, 15) is 22.4 Å². The molecule has 2 N–H and O–H groups in total. The molecule has 1 fully saturated rings. The Morgan fingerprint density at radius 1 is 1.14 bits per heavy atom. The van der Waals surface area contributed by atoms with Crippen LogP contribution >= 0.6 is 0 Å². The molecule has 1 spiro atoms. The van der Waals surface area contributed by atoms with Crippen LogP contribution in [0.3, 0.4) is 0 Å². The van der Waals surface area contributed by atoms with Gasteiger partial charge < -0.3 is 15.4 Å². The van der Waals surface area contributed by atoms with Crippen molar-refractivity contribution in [3.63, 3.8) is 0 Å². The summed E-state index contributed by atoms with van der Waals surface area (Å²) in [5.74, 6) is -1.10. The molecule has 1 saturated heterocycles. The van der Waals surface area contributed by atoms with E-state index >= 15 is 0 Å². The maximum atomic E-state index is 13.5. The first-order chi connectivity index (χ1) is 13.7. The summed E-state index contributed by atoms with van der Waals surface area (Å²) in [6.45, 7) is 1.69. The highest BCUT2D eigenvalue weighted by molar-refractivity contribution is 5.94. The fourth-order valence-electron chi connectivity index (χ4n) is 4.15. The summed E-state index contributed by atoms with van der Waals surface area (Å²) in [7, 11) is 0. The highest BCUT2D eigenvalue weighted by atomic mass is 19.4. The SMILES string of the molecule is NCc1ccc2c(c1)C1(CCN(C(=O)c3ccc(F)c(C(F)(F)F)c3)CC1)CO2. The van der Waals surface area contributed by atoms with Crippen molar-refractivity contribution >= 4 is 5.91 Å². The Kier molecular flexibility index (Phi) is 4.77. The van der Waals surface area contributed by atoms with Crippen LogP contribution in [0.4, 0.5) is 17.6 Å². The van der Waals surface area contributed by atoms with Crippen molar-refractivity contribution in [3.8, 4) is 5.75 Å². The number of carbonyl (C=O) groups excluding carboxylic acids is 1. The summed E-state index contributed by atoms with van der Waals surface area (Å²) < 4.78 is 58.2. The molecule has 4 nitrogen and oxygen atoms in total. The van der Waals surface area contributed by atoms with Crippen molar-refractivity contribution in [1.29, 1.82) is 0 Å². The summed E-state index contributed by atoms with van der Waals surface area (Å²) in [6, 6.07) is 8.24. The first kappa shape index (κ1) is 19.7. The molecule has 0 unspecified atom stereocenters. The molecule has 154 valence electrons. The molecule has 0 saturated carbocycles. The first-order valence-corrected chi connectivity index (χ1v) is 9.36. The molecule has 0 aliphatic carbocycles. The molecular weight excluding hydrogens is 388 g/mol. The number of hydrogen-bond acceptors (Lipinski definition) is 3. The van der Waals surface area contributed by atoms with E-state index in [4.69, 9.17) is 10.5 Å². The number of alkyl halides is 3. The van der Waals surface area contributed by atoms with Crippen LogP contribution in [0, 0.1) is 5.82 Å². The summed E-state index contributed by atoms with van der Waals surface area (Å²) >= 11 is 0. The maximum Gasteiger partial charge on any atom is 0.419 e. The number of nitrogens with two attached hydrogens (primary N) is 1. The third kappa shape index (κ3) is 3.46. The van der Waals surface area contributed by atoms with Crippen LogP contribution in [0.15, 0.2) is 36.4 Å². The molecule has 29 heavy (non-hydrogen) atoms. The van der Waals surface area contributed by atoms with Gasteiger partial charge >= 0.3 is 6.18 Å². The molecule has 2 aliphatic rings. The number of benzene rings is 2. The van der Waals surface area contributed by atoms with Gasteiger partial charge in [0.05, 0.1) is 12.2 Å². The van der Waals surface area contributed by atoms with Crippen LogP contribution in [0.1, 0.15) is 39.9 Å². The van der Waals surface area contributed by atoms with Crippen molar-refractivity contribution in [2.24, 2.45) is 5.73 Å². The number of hydrogen-bond donors (Lipinski definition) is 1. The van der Waals surface area contributed by atoms with Crippen LogP contribution in [0.25, 0.3) is 0 Å². The number of likely N-dealkylation sites (tertiary alicyclic amines) is 1. The largest absolute Gasteiger partial charge is 0.492 e. The van der Waals surface area contributed by atoms with E-state index in [2.05, 4.69) is 0 Å². The Morgan fingerprint density at radius 3 is 2.52 bits per heavy atom. The third-order valence-electron chi connectivity index (χ3n) is 5.88. The molecule has 0 atom stereocenters. The number of piperidine rings is 1. The van der Waals surface area contributed by atoms with Gasteiger partial charge in [0.2, 0.25) is 0 Å². The molecule has 0 radical (unpaired) electrons. The van der Waals surface area contributed by atoms with Gasteiger partial charge in [-0.2, -0.15) is 13.2 Å². The van der Waals surface area contributed by atoms with E-state index in [0.29, 0.717) is 51.2 Å². The average molecular weight is 408 g/mol. The topological polar surface area (TPSA) is 55.6 Å². The zero-order chi connectivity index (χ0) is 20.8. The fraction of sp³-hybridized carbons (Fsp3) is 0.381. The number of amides is 1. The Labute approximate surface area is 165 Å². The van der Waals surface area contributed by atoms with Crippen molar-refractivity contribution < 1.29 is 27.1 Å².